The lowest BCUT2D eigenvalue weighted by atomic mass is 10.5. The Morgan fingerprint density at radius 3 is 1.89 bits per heavy atom. The van der Waals surface area contributed by atoms with Crippen LogP contribution in [0.5, 0.6) is 0 Å². The predicted molar refractivity (Wildman–Crippen MR) is 46.2 cm³/mol. The van der Waals surface area contributed by atoms with Crippen molar-refractivity contribution < 1.29 is 10.2 Å². The zero-order valence-electron chi connectivity index (χ0n) is 5.49. The number of thiol groups is 2. The molecule has 0 heterocycles. The lowest BCUT2D eigenvalue weighted by Crippen LogP contribution is -1.94. The highest BCUT2D eigenvalue weighted by molar-refractivity contribution is 7.81. The fourth-order valence-electron chi connectivity index (χ4n) is 0.115. The minimum absolute atomic E-state index is 0.250. The molecule has 2 nitrogen and oxygen atoms in total. The molecule has 58 valence electrons. The lowest BCUT2D eigenvalue weighted by molar-refractivity contribution is 0.263. The third-order valence-electron chi connectivity index (χ3n) is 0.387. The smallest absolute Gasteiger partial charge is 0.0972 e. The molecule has 0 aromatic carbocycles. The van der Waals surface area contributed by atoms with Gasteiger partial charge in [0.2, 0.25) is 0 Å². The standard InChI is InChI=1S/C3H8OS2.C2H6O/c4-3(6)1-2-5;1-2-3/h3-6H,1-2H2;3H,2H2,1H3. The molecule has 1 unspecified atom stereocenters. The van der Waals surface area contributed by atoms with Crippen LogP contribution in [0.3, 0.4) is 0 Å². The molecule has 0 aromatic rings. The molecule has 0 radical (unpaired) electrons. The molecule has 0 aliphatic rings. The number of hydrogen-bond donors (Lipinski definition) is 4. The summed E-state index contributed by atoms with van der Waals surface area (Å²) in [5, 5.41) is 15.9. The van der Waals surface area contributed by atoms with Crippen molar-refractivity contribution in [3.8, 4) is 0 Å². The zero-order valence-corrected chi connectivity index (χ0v) is 7.28. The fourth-order valence-corrected chi connectivity index (χ4v) is 0.693. The molecule has 9 heavy (non-hydrogen) atoms. The second-order valence-corrected chi connectivity index (χ2v) is 2.35. The van der Waals surface area contributed by atoms with Crippen molar-refractivity contribution in [1.29, 1.82) is 0 Å². The van der Waals surface area contributed by atoms with Crippen molar-refractivity contribution in [3.63, 3.8) is 0 Å². The summed E-state index contributed by atoms with van der Waals surface area (Å²) >= 11 is 7.54. The first kappa shape index (κ1) is 12.3. The number of rotatable bonds is 2. The Hall–Kier alpha value is 0.620. The van der Waals surface area contributed by atoms with Gasteiger partial charge in [0.15, 0.2) is 0 Å². The van der Waals surface area contributed by atoms with E-state index in [1.807, 2.05) is 0 Å². The SMILES string of the molecule is CCO.OC(S)CCS. The third-order valence-corrected chi connectivity index (χ3v) is 0.904. The van der Waals surface area contributed by atoms with Crippen molar-refractivity contribution in [2.24, 2.45) is 0 Å². The van der Waals surface area contributed by atoms with E-state index in [1.165, 1.54) is 0 Å². The summed E-state index contributed by atoms with van der Waals surface area (Å²) in [5.74, 6) is 0.699. The van der Waals surface area contributed by atoms with Gasteiger partial charge in [0.05, 0.1) is 5.44 Å². The largest absolute Gasteiger partial charge is 0.397 e. The summed E-state index contributed by atoms with van der Waals surface area (Å²) in [6.07, 6.45) is 0.659. The van der Waals surface area contributed by atoms with Crippen LogP contribution in [0.2, 0.25) is 0 Å². The van der Waals surface area contributed by atoms with Gasteiger partial charge in [-0.25, -0.2) is 0 Å². The highest BCUT2D eigenvalue weighted by Crippen LogP contribution is 1.95. The molecule has 4 heteroatoms. The number of aliphatic hydroxyl groups is 2. The van der Waals surface area contributed by atoms with Crippen molar-refractivity contribution >= 4 is 25.3 Å². The molecule has 0 aliphatic heterocycles. The monoisotopic (exact) mass is 170 g/mol. The topological polar surface area (TPSA) is 40.5 Å². The van der Waals surface area contributed by atoms with Gasteiger partial charge in [-0.15, -0.1) is 12.6 Å². The minimum Gasteiger partial charge on any atom is -0.397 e. The van der Waals surface area contributed by atoms with Gasteiger partial charge >= 0.3 is 0 Å². The van der Waals surface area contributed by atoms with Crippen molar-refractivity contribution in [2.45, 2.75) is 18.8 Å². The van der Waals surface area contributed by atoms with Gasteiger partial charge < -0.3 is 10.2 Å². The molecule has 0 spiro atoms. The summed E-state index contributed by atoms with van der Waals surface area (Å²) in [6.45, 7) is 1.93. The van der Waals surface area contributed by atoms with Crippen LogP contribution >= 0.6 is 25.3 Å². The Balaban J connectivity index is 0. The van der Waals surface area contributed by atoms with E-state index >= 15 is 0 Å². The van der Waals surface area contributed by atoms with Gasteiger partial charge in [0.25, 0.3) is 0 Å². The van der Waals surface area contributed by atoms with Gasteiger partial charge in [0, 0.05) is 6.61 Å². The van der Waals surface area contributed by atoms with Gasteiger partial charge in [-0.3, -0.25) is 0 Å². The Morgan fingerprint density at radius 2 is 1.89 bits per heavy atom. The summed E-state index contributed by atoms with van der Waals surface area (Å²) in [6, 6.07) is 0. The van der Waals surface area contributed by atoms with E-state index in [4.69, 9.17) is 10.2 Å². The van der Waals surface area contributed by atoms with Crippen LogP contribution < -0.4 is 0 Å². The highest BCUT2D eigenvalue weighted by Gasteiger charge is 1.88. The first-order valence-electron chi connectivity index (χ1n) is 2.76. The molecule has 0 aliphatic carbocycles. The molecule has 0 amide bonds. The molecule has 2 N–H and O–H groups in total. The Bertz CT molecular complexity index is 41.9. The highest BCUT2D eigenvalue weighted by atomic mass is 32.1. The average Bonchev–Trinajstić information content (AvgIpc) is 1.67. The molecule has 0 saturated heterocycles. The van der Waals surface area contributed by atoms with Crippen LogP contribution in [0, 0.1) is 0 Å². The van der Waals surface area contributed by atoms with E-state index in [9.17, 15) is 0 Å². The average molecular weight is 170 g/mol. The molecular weight excluding hydrogens is 156 g/mol. The lowest BCUT2D eigenvalue weighted by Gasteiger charge is -1.94. The first-order chi connectivity index (χ1) is 4.18. The van der Waals surface area contributed by atoms with E-state index in [0.29, 0.717) is 12.2 Å². The van der Waals surface area contributed by atoms with Crippen LogP contribution in [0.1, 0.15) is 13.3 Å². The molecule has 0 bridgehead atoms. The second-order valence-electron chi connectivity index (χ2n) is 1.31. The maximum Gasteiger partial charge on any atom is 0.0972 e. The molecule has 1 atom stereocenters. The first-order valence-corrected chi connectivity index (χ1v) is 3.91. The van der Waals surface area contributed by atoms with E-state index in [-0.39, 0.29) is 6.61 Å². The Morgan fingerprint density at radius 1 is 1.56 bits per heavy atom. The van der Waals surface area contributed by atoms with E-state index in [0.717, 1.165) is 0 Å². The van der Waals surface area contributed by atoms with E-state index in [2.05, 4.69) is 25.3 Å². The van der Waals surface area contributed by atoms with Crippen LogP contribution in [-0.2, 0) is 0 Å². The van der Waals surface area contributed by atoms with E-state index in [1.54, 1.807) is 6.92 Å². The maximum absolute atomic E-state index is 8.37. The Kier molecular flexibility index (Phi) is 15.6. The van der Waals surface area contributed by atoms with Crippen molar-refractivity contribution in [2.75, 3.05) is 12.4 Å². The zero-order chi connectivity index (χ0) is 7.70. The molecule has 0 saturated carbocycles. The van der Waals surface area contributed by atoms with Crippen LogP contribution in [-0.4, -0.2) is 28.0 Å². The van der Waals surface area contributed by atoms with Gasteiger partial charge in [-0.2, -0.15) is 12.6 Å². The van der Waals surface area contributed by atoms with Crippen LogP contribution in [0.4, 0.5) is 0 Å². The van der Waals surface area contributed by atoms with Gasteiger partial charge in [-0.1, -0.05) is 0 Å². The minimum atomic E-state index is -0.484. The second kappa shape index (κ2) is 11.4. The van der Waals surface area contributed by atoms with Crippen LogP contribution in [0.25, 0.3) is 0 Å². The maximum atomic E-state index is 8.37. The van der Waals surface area contributed by atoms with Crippen molar-refractivity contribution in [1.82, 2.24) is 0 Å². The summed E-state index contributed by atoms with van der Waals surface area (Å²) in [5.41, 5.74) is -0.484. The summed E-state index contributed by atoms with van der Waals surface area (Å²) in [7, 11) is 0. The van der Waals surface area contributed by atoms with Crippen molar-refractivity contribution in [3.05, 3.63) is 0 Å². The van der Waals surface area contributed by atoms with Crippen LogP contribution in [0.15, 0.2) is 0 Å². The quantitative estimate of drug-likeness (QED) is 0.361. The van der Waals surface area contributed by atoms with Gasteiger partial charge in [-0.05, 0) is 19.1 Å². The predicted octanol–water partition coefficient (Wildman–Crippen LogP) is 0.553. The number of hydrogen-bond acceptors (Lipinski definition) is 4. The van der Waals surface area contributed by atoms with E-state index < -0.39 is 5.44 Å². The fraction of sp³-hybridized carbons (Fsp3) is 1.00. The summed E-state index contributed by atoms with van der Waals surface area (Å²) in [4.78, 5) is 0. The molecular formula is C5H14O2S2. The molecule has 0 rings (SSSR count). The van der Waals surface area contributed by atoms with Gasteiger partial charge in [0.1, 0.15) is 0 Å². The summed E-state index contributed by atoms with van der Waals surface area (Å²) < 4.78 is 0. The number of aliphatic hydroxyl groups excluding tert-OH is 2. The Labute approximate surface area is 67.1 Å². The molecule has 0 aromatic heterocycles. The third kappa shape index (κ3) is 28.8. The molecule has 0 fully saturated rings. The normalized spacial score (nSPS) is 11.7.